The fraction of sp³-hybridized carbons (Fsp3) is 1.00. The molecule has 1 rings (SSSR count). The lowest BCUT2D eigenvalue weighted by Crippen LogP contribution is -2.39. The van der Waals surface area contributed by atoms with Gasteiger partial charge >= 0.3 is 0 Å². The highest BCUT2D eigenvalue weighted by Crippen LogP contribution is 2.09. The zero-order valence-corrected chi connectivity index (χ0v) is 7.79. The van der Waals surface area contributed by atoms with Crippen molar-refractivity contribution in [2.45, 2.75) is 25.8 Å². The molecule has 60 valence electrons. The molecule has 0 radical (unpaired) electrons. The standard InChI is InChI=1S/C7H17N2P/c1-2-9-5-3-7(8-10)4-6-9/h7-8H,2-6,10H2,1H3. The Balaban J connectivity index is 2.17. The fourth-order valence-electron chi connectivity index (χ4n) is 1.42. The Kier molecular flexibility index (Phi) is 3.61. The topological polar surface area (TPSA) is 15.3 Å². The summed E-state index contributed by atoms with van der Waals surface area (Å²) in [4.78, 5) is 2.50. The van der Waals surface area contributed by atoms with Gasteiger partial charge in [-0.05, 0) is 32.5 Å². The second kappa shape index (κ2) is 4.27. The Labute approximate surface area is 65.6 Å². The summed E-state index contributed by atoms with van der Waals surface area (Å²) >= 11 is 0. The van der Waals surface area contributed by atoms with E-state index >= 15 is 0 Å². The van der Waals surface area contributed by atoms with E-state index in [9.17, 15) is 0 Å². The van der Waals surface area contributed by atoms with Crippen LogP contribution >= 0.6 is 9.39 Å². The van der Waals surface area contributed by atoms with Crippen molar-refractivity contribution in [3.8, 4) is 0 Å². The summed E-state index contributed by atoms with van der Waals surface area (Å²) in [6, 6.07) is 0.743. The molecular formula is C7H17N2P. The molecule has 3 heteroatoms. The van der Waals surface area contributed by atoms with Gasteiger partial charge in [0.05, 0.1) is 0 Å². The van der Waals surface area contributed by atoms with Crippen LogP contribution < -0.4 is 5.09 Å². The molecule has 1 heterocycles. The average molecular weight is 160 g/mol. The summed E-state index contributed by atoms with van der Waals surface area (Å²) in [6.07, 6.45) is 2.61. The van der Waals surface area contributed by atoms with Gasteiger partial charge < -0.3 is 4.90 Å². The smallest absolute Gasteiger partial charge is 0.0123 e. The molecule has 0 spiro atoms. The van der Waals surface area contributed by atoms with Crippen molar-refractivity contribution in [3.05, 3.63) is 0 Å². The number of piperidine rings is 1. The summed E-state index contributed by atoms with van der Waals surface area (Å²) in [6.45, 7) is 5.98. The summed E-state index contributed by atoms with van der Waals surface area (Å²) < 4.78 is 0. The van der Waals surface area contributed by atoms with E-state index in [0.29, 0.717) is 0 Å². The van der Waals surface area contributed by atoms with Crippen LogP contribution in [0.15, 0.2) is 0 Å². The Hall–Kier alpha value is 0.350. The van der Waals surface area contributed by atoms with Gasteiger partial charge in [-0.25, -0.2) is 0 Å². The highest BCUT2D eigenvalue weighted by atomic mass is 31.0. The van der Waals surface area contributed by atoms with Crippen LogP contribution in [0, 0.1) is 0 Å². The van der Waals surface area contributed by atoms with Crippen LogP contribution in [0.3, 0.4) is 0 Å². The predicted octanol–water partition coefficient (Wildman–Crippen LogP) is 0.850. The van der Waals surface area contributed by atoms with E-state index in [0.717, 1.165) is 6.04 Å². The normalized spacial score (nSPS) is 23.4. The lowest BCUT2D eigenvalue weighted by molar-refractivity contribution is 0.218. The number of hydrogen-bond acceptors (Lipinski definition) is 2. The minimum atomic E-state index is 0.743. The second-order valence-corrected chi connectivity index (χ2v) is 3.21. The quantitative estimate of drug-likeness (QED) is 0.602. The molecule has 0 aliphatic carbocycles. The highest BCUT2D eigenvalue weighted by Gasteiger charge is 2.15. The SMILES string of the molecule is CCN1CCC(NP)CC1. The first kappa shape index (κ1) is 8.45. The third kappa shape index (κ3) is 2.19. The van der Waals surface area contributed by atoms with E-state index in [4.69, 9.17) is 0 Å². The Bertz CT molecular complexity index is 77.6. The second-order valence-electron chi connectivity index (χ2n) is 2.88. The maximum Gasteiger partial charge on any atom is 0.0123 e. The van der Waals surface area contributed by atoms with E-state index in [2.05, 4.69) is 26.3 Å². The van der Waals surface area contributed by atoms with Crippen LogP contribution in [0.25, 0.3) is 0 Å². The average Bonchev–Trinajstić information content (AvgIpc) is 2.05. The molecule has 0 aromatic heterocycles. The van der Waals surface area contributed by atoms with Gasteiger partial charge in [0, 0.05) is 6.04 Å². The van der Waals surface area contributed by atoms with Crippen molar-refractivity contribution in [2.24, 2.45) is 0 Å². The Morgan fingerprint density at radius 3 is 2.50 bits per heavy atom. The zero-order chi connectivity index (χ0) is 7.40. The minimum absolute atomic E-state index is 0.743. The molecule has 0 bridgehead atoms. The fourth-order valence-corrected chi connectivity index (χ4v) is 1.75. The third-order valence-corrected chi connectivity index (χ3v) is 2.74. The number of rotatable bonds is 2. The molecule has 2 nitrogen and oxygen atoms in total. The van der Waals surface area contributed by atoms with Gasteiger partial charge in [0.15, 0.2) is 0 Å². The van der Waals surface area contributed by atoms with Crippen molar-refractivity contribution in [2.75, 3.05) is 19.6 Å². The van der Waals surface area contributed by atoms with Gasteiger partial charge in [-0.15, -0.1) is 0 Å². The van der Waals surface area contributed by atoms with Crippen LogP contribution in [0.1, 0.15) is 19.8 Å². The van der Waals surface area contributed by atoms with E-state index < -0.39 is 0 Å². The molecule has 0 aromatic rings. The van der Waals surface area contributed by atoms with Gasteiger partial charge in [0.2, 0.25) is 0 Å². The van der Waals surface area contributed by atoms with Crippen molar-refractivity contribution in [3.63, 3.8) is 0 Å². The maximum atomic E-state index is 3.24. The molecule has 0 saturated carbocycles. The zero-order valence-electron chi connectivity index (χ0n) is 6.64. The van der Waals surface area contributed by atoms with E-state index in [1.165, 1.54) is 32.5 Å². The van der Waals surface area contributed by atoms with E-state index in [-0.39, 0.29) is 0 Å². The van der Waals surface area contributed by atoms with Gasteiger partial charge in [0.1, 0.15) is 0 Å². The number of likely N-dealkylation sites (tertiary alicyclic amines) is 1. The molecule has 1 aliphatic rings. The van der Waals surface area contributed by atoms with Crippen LogP contribution in [0.5, 0.6) is 0 Å². The third-order valence-electron chi connectivity index (χ3n) is 2.27. The van der Waals surface area contributed by atoms with Gasteiger partial charge in [-0.2, -0.15) is 0 Å². The summed E-state index contributed by atoms with van der Waals surface area (Å²) in [7, 11) is 2.61. The molecule has 1 N–H and O–H groups in total. The van der Waals surface area contributed by atoms with Crippen molar-refractivity contribution in [1.29, 1.82) is 0 Å². The molecule has 1 atom stereocenters. The van der Waals surface area contributed by atoms with Crippen LogP contribution in [0.2, 0.25) is 0 Å². The molecule has 1 saturated heterocycles. The molecule has 10 heavy (non-hydrogen) atoms. The molecule has 0 amide bonds. The number of nitrogens with zero attached hydrogens (tertiary/aromatic N) is 1. The van der Waals surface area contributed by atoms with Crippen LogP contribution in [-0.2, 0) is 0 Å². The Morgan fingerprint density at radius 2 is 2.10 bits per heavy atom. The van der Waals surface area contributed by atoms with Crippen molar-refractivity contribution in [1.82, 2.24) is 9.99 Å². The minimum Gasteiger partial charge on any atom is -0.303 e. The van der Waals surface area contributed by atoms with Crippen molar-refractivity contribution < 1.29 is 0 Å². The van der Waals surface area contributed by atoms with Crippen LogP contribution in [-0.4, -0.2) is 30.6 Å². The van der Waals surface area contributed by atoms with E-state index in [1.807, 2.05) is 0 Å². The van der Waals surface area contributed by atoms with Crippen molar-refractivity contribution >= 4 is 9.39 Å². The number of nitrogens with one attached hydrogen (secondary N) is 1. The molecule has 1 fully saturated rings. The highest BCUT2D eigenvalue weighted by molar-refractivity contribution is 7.13. The Morgan fingerprint density at radius 1 is 1.50 bits per heavy atom. The number of hydrogen-bond donors (Lipinski definition) is 1. The monoisotopic (exact) mass is 160 g/mol. The van der Waals surface area contributed by atoms with Gasteiger partial charge in [0.25, 0.3) is 0 Å². The van der Waals surface area contributed by atoms with E-state index in [1.54, 1.807) is 0 Å². The van der Waals surface area contributed by atoms with Crippen LogP contribution in [0.4, 0.5) is 0 Å². The first-order chi connectivity index (χ1) is 4.86. The lowest BCUT2D eigenvalue weighted by atomic mass is 10.1. The molecule has 0 aromatic carbocycles. The molecule has 1 aliphatic heterocycles. The summed E-state index contributed by atoms with van der Waals surface area (Å²) in [5.41, 5.74) is 0. The lowest BCUT2D eigenvalue weighted by Gasteiger charge is -2.30. The maximum absolute atomic E-state index is 3.24. The largest absolute Gasteiger partial charge is 0.303 e. The first-order valence-corrected chi connectivity index (χ1v) is 4.63. The first-order valence-electron chi connectivity index (χ1n) is 4.05. The summed E-state index contributed by atoms with van der Waals surface area (Å²) in [5.74, 6) is 0. The van der Waals surface area contributed by atoms with Gasteiger partial charge in [-0.3, -0.25) is 5.09 Å². The molecule has 1 unspecified atom stereocenters. The van der Waals surface area contributed by atoms with Gasteiger partial charge in [-0.1, -0.05) is 16.3 Å². The molecular weight excluding hydrogens is 143 g/mol. The predicted molar refractivity (Wildman–Crippen MR) is 48.0 cm³/mol. The summed E-state index contributed by atoms with van der Waals surface area (Å²) in [5, 5.41) is 3.24.